The summed E-state index contributed by atoms with van der Waals surface area (Å²) >= 11 is 4.14. The van der Waals surface area contributed by atoms with Crippen LogP contribution in [0, 0.1) is 0 Å². The van der Waals surface area contributed by atoms with Gasteiger partial charge in [0.15, 0.2) is 0 Å². The van der Waals surface area contributed by atoms with Gasteiger partial charge >= 0.3 is 0 Å². The highest BCUT2D eigenvalue weighted by Gasteiger charge is 1.95. The number of hydrogen-bond donors (Lipinski definition) is 1. The molecule has 0 bridgehead atoms. The molecule has 0 spiro atoms. The van der Waals surface area contributed by atoms with Crippen LogP contribution in [0.15, 0.2) is 22.6 Å². The second-order valence-corrected chi connectivity index (χ2v) is 2.34. The van der Waals surface area contributed by atoms with Crippen LogP contribution in [-0.2, 0) is 0 Å². The Balaban J connectivity index is 2.69. The number of thiol groups is 1. The second kappa shape index (κ2) is 1.74. The molecule has 38 valence electrons. The van der Waals surface area contributed by atoms with Gasteiger partial charge in [-0.05, 0) is 19.4 Å². The lowest BCUT2D eigenvalue weighted by Gasteiger charge is -1.79. The molecule has 0 saturated heterocycles. The lowest BCUT2D eigenvalue weighted by atomic mass is 10.3. The first-order chi connectivity index (χ1) is 3.29. The lowest BCUT2D eigenvalue weighted by molar-refractivity contribution is 1.25. The van der Waals surface area contributed by atoms with E-state index in [1.54, 1.807) is 0 Å². The highest BCUT2D eigenvalue weighted by atomic mass is 32.1. The molecule has 0 unspecified atom stereocenters. The van der Waals surface area contributed by atoms with E-state index in [0.29, 0.717) is 0 Å². The van der Waals surface area contributed by atoms with E-state index in [2.05, 4.69) is 31.7 Å². The summed E-state index contributed by atoms with van der Waals surface area (Å²) in [5.74, 6) is 0. The molecule has 0 fully saturated rings. The third-order valence-corrected chi connectivity index (χ3v) is 1.34. The van der Waals surface area contributed by atoms with Crippen molar-refractivity contribution in [3.8, 4) is 0 Å². The Morgan fingerprint density at radius 1 is 1.71 bits per heavy atom. The van der Waals surface area contributed by atoms with E-state index < -0.39 is 0 Å². The minimum absolute atomic E-state index is 1.10. The SMILES string of the molecule is CC1=CC(S)=CC1. The summed E-state index contributed by atoms with van der Waals surface area (Å²) in [5, 5.41) is 0. The van der Waals surface area contributed by atoms with E-state index >= 15 is 0 Å². The zero-order valence-corrected chi connectivity index (χ0v) is 5.20. The normalized spacial score (nSPS) is 19.1. The highest BCUT2D eigenvalue weighted by Crippen LogP contribution is 2.18. The van der Waals surface area contributed by atoms with Crippen LogP contribution in [0.3, 0.4) is 0 Å². The van der Waals surface area contributed by atoms with Gasteiger partial charge in [0.05, 0.1) is 0 Å². The number of rotatable bonds is 0. The fourth-order valence-electron chi connectivity index (χ4n) is 0.636. The minimum Gasteiger partial charge on any atom is -0.144 e. The summed E-state index contributed by atoms with van der Waals surface area (Å²) in [6, 6.07) is 0. The van der Waals surface area contributed by atoms with Crippen LogP contribution in [0.1, 0.15) is 13.3 Å². The van der Waals surface area contributed by atoms with E-state index in [-0.39, 0.29) is 0 Å². The van der Waals surface area contributed by atoms with Gasteiger partial charge in [-0.15, -0.1) is 12.6 Å². The molecule has 0 aromatic carbocycles. The molecule has 0 aromatic heterocycles. The molecule has 0 aliphatic heterocycles. The summed E-state index contributed by atoms with van der Waals surface area (Å²) in [7, 11) is 0. The van der Waals surface area contributed by atoms with Crippen molar-refractivity contribution in [1.82, 2.24) is 0 Å². The van der Waals surface area contributed by atoms with E-state index in [0.717, 1.165) is 11.3 Å². The van der Waals surface area contributed by atoms with Gasteiger partial charge in [0.2, 0.25) is 0 Å². The zero-order chi connectivity index (χ0) is 5.28. The smallest absolute Gasteiger partial charge is 0.000279 e. The third kappa shape index (κ3) is 1.10. The lowest BCUT2D eigenvalue weighted by Crippen LogP contribution is -1.58. The predicted octanol–water partition coefficient (Wildman–Crippen LogP) is 2.15. The molecule has 0 saturated carbocycles. The van der Waals surface area contributed by atoms with Crippen molar-refractivity contribution < 1.29 is 0 Å². The summed E-state index contributed by atoms with van der Waals surface area (Å²) in [5.41, 5.74) is 1.41. The zero-order valence-electron chi connectivity index (χ0n) is 4.31. The van der Waals surface area contributed by atoms with Crippen molar-refractivity contribution >= 4 is 12.6 Å². The maximum atomic E-state index is 4.14. The van der Waals surface area contributed by atoms with E-state index in [1.165, 1.54) is 5.57 Å². The second-order valence-electron chi connectivity index (χ2n) is 1.82. The Morgan fingerprint density at radius 2 is 2.43 bits per heavy atom. The molecule has 1 aliphatic rings. The molecule has 1 heteroatoms. The first-order valence-corrected chi connectivity index (χ1v) is 2.80. The van der Waals surface area contributed by atoms with Crippen LogP contribution in [0.4, 0.5) is 0 Å². The average molecular weight is 112 g/mol. The first kappa shape index (κ1) is 4.98. The standard InChI is InChI=1S/C6H8S/c1-5-2-3-6(7)4-5/h3-4,7H,2H2,1H3. The maximum Gasteiger partial charge on any atom is 0.000279 e. The minimum atomic E-state index is 1.10. The van der Waals surface area contributed by atoms with Crippen LogP contribution in [-0.4, -0.2) is 0 Å². The molecule has 0 radical (unpaired) electrons. The fourth-order valence-corrected chi connectivity index (χ4v) is 0.948. The monoisotopic (exact) mass is 112 g/mol. The van der Waals surface area contributed by atoms with Crippen molar-refractivity contribution in [2.45, 2.75) is 13.3 Å². The Labute approximate surface area is 49.3 Å². The topological polar surface area (TPSA) is 0 Å². The Morgan fingerprint density at radius 3 is 2.57 bits per heavy atom. The molecule has 0 aromatic rings. The maximum absolute atomic E-state index is 4.14. The van der Waals surface area contributed by atoms with Crippen molar-refractivity contribution in [2.75, 3.05) is 0 Å². The van der Waals surface area contributed by atoms with E-state index in [1.807, 2.05) is 0 Å². The summed E-state index contributed by atoms with van der Waals surface area (Å²) in [4.78, 5) is 1.11. The summed E-state index contributed by atoms with van der Waals surface area (Å²) in [6.07, 6.45) is 5.29. The molecule has 0 N–H and O–H groups in total. The molecule has 1 aliphatic carbocycles. The van der Waals surface area contributed by atoms with Crippen molar-refractivity contribution in [2.24, 2.45) is 0 Å². The summed E-state index contributed by atoms with van der Waals surface area (Å²) < 4.78 is 0. The van der Waals surface area contributed by atoms with Gasteiger partial charge in [0, 0.05) is 4.91 Å². The molecule has 0 atom stereocenters. The van der Waals surface area contributed by atoms with Gasteiger partial charge in [-0.2, -0.15) is 0 Å². The van der Waals surface area contributed by atoms with Crippen molar-refractivity contribution in [3.63, 3.8) is 0 Å². The third-order valence-electron chi connectivity index (χ3n) is 1.03. The Hall–Kier alpha value is -0.170. The Kier molecular flexibility index (Phi) is 1.24. The van der Waals surface area contributed by atoms with Crippen LogP contribution in [0.2, 0.25) is 0 Å². The molecular weight excluding hydrogens is 104 g/mol. The molecular formula is C6H8S. The fraction of sp³-hybridized carbons (Fsp3) is 0.333. The van der Waals surface area contributed by atoms with Crippen molar-refractivity contribution in [1.29, 1.82) is 0 Å². The average Bonchev–Trinajstić information content (AvgIpc) is 1.87. The quantitative estimate of drug-likeness (QED) is 0.456. The summed E-state index contributed by atoms with van der Waals surface area (Å²) in [6.45, 7) is 2.11. The predicted molar refractivity (Wildman–Crippen MR) is 35.4 cm³/mol. The van der Waals surface area contributed by atoms with Crippen LogP contribution in [0.5, 0.6) is 0 Å². The van der Waals surface area contributed by atoms with Gasteiger partial charge in [-0.1, -0.05) is 11.6 Å². The molecule has 0 heterocycles. The van der Waals surface area contributed by atoms with Crippen LogP contribution < -0.4 is 0 Å². The number of allylic oxidation sites excluding steroid dienone is 3. The molecule has 1 rings (SSSR count). The van der Waals surface area contributed by atoms with Crippen molar-refractivity contribution in [3.05, 3.63) is 22.6 Å². The van der Waals surface area contributed by atoms with Gasteiger partial charge in [0.25, 0.3) is 0 Å². The van der Waals surface area contributed by atoms with E-state index in [9.17, 15) is 0 Å². The van der Waals surface area contributed by atoms with Crippen LogP contribution >= 0.6 is 12.6 Å². The van der Waals surface area contributed by atoms with E-state index in [4.69, 9.17) is 0 Å². The van der Waals surface area contributed by atoms with Gasteiger partial charge in [-0.25, -0.2) is 0 Å². The Bertz CT molecular complexity index is 131. The molecule has 0 nitrogen and oxygen atoms in total. The first-order valence-electron chi connectivity index (χ1n) is 2.35. The van der Waals surface area contributed by atoms with Gasteiger partial charge in [-0.3, -0.25) is 0 Å². The number of hydrogen-bond acceptors (Lipinski definition) is 1. The molecule has 0 amide bonds. The van der Waals surface area contributed by atoms with Gasteiger partial charge < -0.3 is 0 Å². The highest BCUT2D eigenvalue weighted by molar-refractivity contribution is 7.84. The largest absolute Gasteiger partial charge is 0.144 e. The van der Waals surface area contributed by atoms with Crippen LogP contribution in [0.25, 0.3) is 0 Å². The van der Waals surface area contributed by atoms with Gasteiger partial charge in [0.1, 0.15) is 0 Å². The molecule has 7 heavy (non-hydrogen) atoms.